The molecule has 108 valence electrons. The van der Waals surface area contributed by atoms with Crippen molar-refractivity contribution in [2.75, 3.05) is 19.8 Å². The highest BCUT2D eigenvalue weighted by Crippen LogP contribution is 2.37. The normalized spacial score (nSPS) is 29.8. The summed E-state index contributed by atoms with van der Waals surface area (Å²) in [6.07, 6.45) is 2.50. The van der Waals surface area contributed by atoms with Crippen LogP contribution in [0.3, 0.4) is 0 Å². The predicted octanol–water partition coefficient (Wildman–Crippen LogP) is 2.47. The Morgan fingerprint density at radius 2 is 2.05 bits per heavy atom. The summed E-state index contributed by atoms with van der Waals surface area (Å²) < 4.78 is 11.4. The van der Waals surface area contributed by atoms with Crippen LogP contribution in [-0.4, -0.2) is 36.2 Å². The van der Waals surface area contributed by atoms with Crippen molar-refractivity contribution in [3.8, 4) is 0 Å². The molecule has 0 saturated carbocycles. The van der Waals surface area contributed by atoms with Gasteiger partial charge >= 0.3 is 0 Å². The first-order chi connectivity index (χ1) is 9.58. The van der Waals surface area contributed by atoms with Gasteiger partial charge in [0.25, 0.3) is 0 Å². The summed E-state index contributed by atoms with van der Waals surface area (Å²) >= 11 is 0. The van der Waals surface area contributed by atoms with Gasteiger partial charge in [0.2, 0.25) is 0 Å². The molecule has 2 fully saturated rings. The van der Waals surface area contributed by atoms with Gasteiger partial charge in [0.1, 0.15) is 0 Å². The first-order valence-electron chi connectivity index (χ1n) is 7.29. The molecule has 20 heavy (non-hydrogen) atoms. The van der Waals surface area contributed by atoms with Crippen molar-refractivity contribution < 1.29 is 14.3 Å². The second-order valence-electron chi connectivity index (χ2n) is 6.03. The molecule has 4 heteroatoms. The Balaban J connectivity index is 1.79. The fraction of sp³-hybridized carbons (Fsp3) is 0.625. The van der Waals surface area contributed by atoms with Crippen LogP contribution in [-0.2, 0) is 9.47 Å². The van der Waals surface area contributed by atoms with Gasteiger partial charge in [0, 0.05) is 42.5 Å². The summed E-state index contributed by atoms with van der Waals surface area (Å²) in [7, 11) is 0. The number of nitrogens with zero attached hydrogens (tertiary/aromatic N) is 1. The predicted molar refractivity (Wildman–Crippen MR) is 74.9 cm³/mol. The molecule has 0 radical (unpaired) electrons. The number of pyridine rings is 1. The second-order valence-corrected chi connectivity index (χ2v) is 6.03. The monoisotopic (exact) mass is 275 g/mol. The molecule has 0 N–H and O–H groups in total. The van der Waals surface area contributed by atoms with Gasteiger partial charge in [0.15, 0.2) is 5.78 Å². The van der Waals surface area contributed by atoms with Crippen LogP contribution in [0.15, 0.2) is 12.1 Å². The van der Waals surface area contributed by atoms with E-state index in [1.165, 1.54) is 0 Å². The highest BCUT2D eigenvalue weighted by molar-refractivity contribution is 5.98. The molecular formula is C16H21NO3. The van der Waals surface area contributed by atoms with E-state index in [0.29, 0.717) is 13.2 Å². The number of aryl methyl sites for hydroxylation is 2. The number of carbonyl (C=O) groups excluding carboxylic acids is 1. The van der Waals surface area contributed by atoms with Crippen molar-refractivity contribution in [3.05, 3.63) is 29.1 Å². The van der Waals surface area contributed by atoms with Crippen molar-refractivity contribution in [2.24, 2.45) is 5.92 Å². The fourth-order valence-corrected chi connectivity index (χ4v) is 3.33. The van der Waals surface area contributed by atoms with Gasteiger partial charge in [-0.2, -0.15) is 0 Å². The number of aromatic nitrogens is 1. The average molecular weight is 275 g/mol. The molecular weight excluding hydrogens is 254 g/mol. The summed E-state index contributed by atoms with van der Waals surface area (Å²) in [5.74, 6) is 0.278. The largest absolute Gasteiger partial charge is 0.378 e. The highest BCUT2D eigenvalue weighted by atomic mass is 16.6. The molecule has 0 bridgehead atoms. The third-order valence-corrected chi connectivity index (χ3v) is 4.30. The second kappa shape index (κ2) is 5.26. The summed E-state index contributed by atoms with van der Waals surface area (Å²) in [5.41, 5.74) is 2.38. The molecule has 4 nitrogen and oxygen atoms in total. The summed E-state index contributed by atoms with van der Waals surface area (Å²) in [5, 5.41) is 0. The molecule has 2 atom stereocenters. The number of Topliss-reactive ketones (excluding diaryl/α,β-unsaturated/α-hetero) is 1. The van der Waals surface area contributed by atoms with Gasteiger partial charge in [0.05, 0.1) is 12.2 Å². The Morgan fingerprint density at radius 3 is 2.70 bits per heavy atom. The van der Waals surface area contributed by atoms with E-state index in [9.17, 15) is 4.79 Å². The Kier molecular flexibility index (Phi) is 3.61. The number of carbonyl (C=O) groups is 1. The zero-order valence-electron chi connectivity index (χ0n) is 12.1. The SMILES string of the molecule is Cc1cc(C(=O)C2CCOC3(CCOC3)C2)cc(C)n1. The number of hydrogen-bond acceptors (Lipinski definition) is 4. The van der Waals surface area contributed by atoms with Crippen molar-refractivity contribution in [1.29, 1.82) is 0 Å². The van der Waals surface area contributed by atoms with Crippen molar-refractivity contribution in [1.82, 2.24) is 4.98 Å². The standard InChI is InChI=1S/C16H21NO3/c1-11-7-14(8-12(2)17-11)15(18)13-3-5-20-16(9-13)4-6-19-10-16/h7-8,13H,3-6,9-10H2,1-2H3. The van der Waals surface area contributed by atoms with E-state index in [2.05, 4.69) is 4.98 Å². The van der Waals surface area contributed by atoms with Crippen LogP contribution >= 0.6 is 0 Å². The lowest BCUT2D eigenvalue weighted by Gasteiger charge is -2.36. The first kappa shape index (κ1) is 13.7. The maximum Gasteiger partial charge on any atom is 0.166 e. The third-order valence-electron chi connectivity index (χ3n) is 4.30. The molecule has 2 aliphatic rings. The van der Waals surface area contributed by atoms with E-state index in [0.717, 1.165) is 42.8 Å². The Labute approximate surface area is 119 Å². The molecule has 2 saturated heterocycles. The topological polar surface area (TPSA) is 48.4 Å². The minimum atomic E-state index is -0.213. The van der Waals surface area contributed by atoms with E-state index < -0.39 is 0 Å². The third kappa shape index (κ3) is 2.63. The molecule has 2 unspecified atom stereocenters. The molecule has 0 amide bonds. The minimum absolute atomic E-state index is 0.0478. The Bertz CT molecular complexity index is 500. The molecule has 0 aliphatic carbocycles. The average Bonchev–Trinajstić information content (AvgIpc) is 2.85. The summed E-state index contributed by atoms with van der Waals surface area (Å²) in [6.45, 7) is 5.89. The number of ether oxygens (including phenoxy) is 2. The van der Waals surface area contributed by atoms with Crippen LogP contribution in [0, 0.1) is 19.8 Å². The fourth-order valence-electron chi connectivity index (χ4n) is 3.33. The van der Waals surface area contributed by atoms with Gasteiger partial charge in [-0.1, -0.05) is 0 Å². The van der Waals surface area contributed by atoms with Gasteiger partial charge in [-0.15, -0.1) is 0 Å². The lowest BCUT2D eigenvalue weighted by molar-refractivity contribution is -0.0920. The van der Waals surface area contributed by atoms with Crippen molar-refractivity contribution >= 4 is 5.78 Å². The van der Waals surface area contributed by atoms with Crippen molar-refractivity contribution in [2.45, 2.75) is 38.7 Å². The molecule has 3 heterocycles. The Morgan fingerprint density at radius 1 is 1.30 bits per heavy atom. The lowest BCUT2D eigenvalue weighted by Crippen LogP contribution is -2.42. The summed E-state index contributed by atoms with van der Waals surface area (Å²) in [4.78, 5) is 17.1. The molecule has 0 aromatic carbocycles. The van der Waals surface area contributed by atoms with Crippen molar-refractivity contribution in [3.63, 3.8) is 0 Å². The van der Waals surface area contributed by atoms with Gasteiger partial charge in [-0.25, -0.2) is 0 Å². The van der Waals surface area contributed by atoms with Crippen LogP contribution < -0.4 is 0 Å². The van der Waals surface area contributed by atoms with Crippen LogP contribution in [0.5, 0.6) is 0 Å². The Hall–Kier alpha value is -1.26. The number of ketones is 1. The van der Waals surface area contributed by atoms with Crippen LogP contribution in [0.4, 0.5) is 0 Å². The summed E-state index contributed by atoms with van der Waals surface area (Å²) in [6, 6.07) is 3.78. The zero-order valence-corrected chi connectivity index (χ0v) is 12.1. The van der Waals surface area contributed by atoms with Crippen LogP contribution in [0.25, 0.3) is 0 Å². The quantitative estimate of drug-likeness (QED) is 0.778. The van der Waals surface area contributed by atoms with E-state index in [4.69, 9.17) is 9.47 Å². The minimum Gasteiger partial charge on any atom is -0.378 e. The zero-order chi connectivity index (χ0) is 14.2. The van der Waals surface area contributed by atoms with E-state index in [1.807, 2.05) is 26.0 Å². The van der Waals surface area contributed by atoms with Gasteiger partial charge in [-0.3, -0.25) is 9.78 Å². The molecule has 2 aliphatic heterocycles. The van der Waals surface area contributed by atoms with E-state index >= 15 is 0 Å². The van der Waals surface area contributed by atoms with Gasteiger partial charge in [-0.05, 0) is 38.8 Å². The van der Waals surface area contributed by atoms with E-state index in [1.54, 1.807) is 0 Å². The smallest absolute Gasteiger partial charge is 0.166 e. The molecule has 1 aromatic heterocycles. The number of rotatable bonds is 2. The molecule has 3 rings (SSSR count). The van der Waals surface area contributed by atoms with Crippen LogP contribution in [0.1, 0.15) is 41.0 Å². The van der Waals surface area contributed by atoms with Crippen LogP contribution in [0.2, 0.25) is 0 Å². The number of hydrogen-bond donors (Lipinski definition) is 0. The van der Waals surface area contributed by atoms with E-state index in [-0.39, 0.29) is 17.3 Å². The molecule has 1 aromatic rings. The highest BCUT2D eigenvalue weighted by Gasteiger charge is 2.43. The van der Waals surface area contributed by atoms with Gasteiger partial charge < -0.3 is 9.47 Å². The molecule has 1 spiro atoms. The maximum atomic E-state index is 12.7. The first-order valence-corrected chi connectivity index (χ1v) is 7.29. The lowest BCUT2D eigenvalue weighted by atomic mass is 9.81. The maximum absolute atomic E-state index is 12.7.